The molecule has 0 N–H and O–H groups in total. The van der Waals surface area contributed by atoms with Gasteiger partial charge in [-0.15, -0.1) is 11.3 Å². The minimum absolute atomic E-state index is 0.0170. The van der Waals surface area contributed by atoms with E-state index >= 15 is 4.39 Å². The van der Waals surface area contributed by atoms with Crippen molar-refractivity contribution in [2.24, 2.45) is 5.41 Å². The summed E-state index contributed by atoms with van der Waals surface area (Å²) in [5.74, 6) is -1.16. The monoisotopic (exact) mass is 600 g/mol. The molecule has 0 bridgehead atoms. The van der Waals surface area contributed by atoms with E-state index in [4.69, 9.17) is 4.74 Å². The standard InChI is InChI=1S/C33H30F2N4O3S/c1-38(2)13-14-39-19-26(37-20-39)29-18-25-32(43-29)28(9-12-36-25)42-27-8-7-21(15-24(27)35)16-30(40)33(10-11-33)31(41)17-22-5-3-4-6-23(22)34/h3-9,12,15,18-20H,10-11,13-14,16-17H2,1-2H3. The molecule has 0 radical (unpaired) electrons. The van der Waals surface area contributed by atoms with Crippen molar-refractivity contribution in [3.8, 4) is 22.1 Å². The van der Waals surface area contributed by atoms with Crippen molar-refractivity contribution in [3.05, 3.63) is 96.1 Å². The molecule has 0 aliphatic heterocycles. The first-order chi connectivity index (χ1) is 20.7. The highest BCUT2D eigenvalue weighted by Gasteiger charge is 2.54. The minimum atomic E-state index is -1.12. The molecule has 0 amide bonds. The summed E-state index contributed by atoms with van der Waals surface area (Å²) in [7, 11) is 4.05. The second-order valence-corrected chi connectivity index (χ2v) is 12.2. The van der Waals surface area contributed by atoms with Gasteiger partial charge in [-0.1, -0.05) is 24.3 Å². The van der Waals surface area contributed by atoms with Crippen molar-refractivity contribution >= 4 is 33.1 Å². The largest absolute Gasteiger partial charge is 0.453 e. The lowest BCUT2D eigenvalue weighted by molar-refractivity contribution is -0.133. The summed E-state index contributed by atoms with van der Waals surface area (Å²) in [5.41, 5.74) is 1.15. The van der Waals surface area contributed by atoms with Crippen LogP contribution in [0.1, 0.15) is 24.0 Å². The van der Waals surface area contributed by atoms with Gasteiger partial charge >= 0.3 is 0 Å². The number of benzene rings is 2. The number of carbonyl (C=O) groups excluding carboxylic acids is 2. The lowest BCUT2D eigenvalue weighted by Gasteiger charge is -2.14. The molecule has 5 aromatic rings. The van der Waals surface area contributed by atoms with Gasteiger partial charge in [0.25, 0.3) is 0 Å². The minimum Gasteiger partial charge on any atom is -0.453 e. The maximum absolute atomic E-state index is 15.2. The molecule has 0 atom stereocenters. The average molecular weight is 601 g/mol. The fourth-order valence-corrected chi connectivity index (χ4v) is 6.11. The van der Waals surface area contributed by atoms with E-state index in [0.29, 0.717) is 24.2 Å². The van der Waals surface area contributed by atoms with Crippen molar-refractivity contribution in [2.45, 2.75) is 32.2 Å². The van der Waals surface area contributed by atoms with Gasteiger partial charge in [0.2, 0.25) is 0 Å². The molecule has 0 spiro atoms. The first-order valence-electron chi connectivity index (χ1n) is 14.0. The summed E-state index contributed by atoms with van der Waals surface area (Å²) in [6, 6.07) is 14.1. The van der Waals surface area contributed by atoms with Gasteiger partial charge < -0.3 is 14.2 Å². The van der Waals surface area contributed by atoms with E-state index < -0.39 is 17.0 Å². The first-order valence-corrected chi connectivity index (χ1v) is 14.9. The third kappa shape index (κ3) is 6.11. The summed E-state index contributed by atoms with van der Waals surface area (Å²) in [6.07, 6.45) is 6.05. The highest BCUT2D eigenvalue weighted by atomic mass is 32.1. The van der Waals surface area contributed by atoms with Gasteiger partial charge in [0.1, 0.15) is 11.6 Å². The Bertz CT molecular complexity index is 1830. The van der Waals surface area contributed by atoms with Crippen LogP contribution in [-0.4, -0.2) is 51.6 Å². The maximum Gasteiger partial charge on any atom is 0.166 e. The van der Waals surface area contributed by atoms with Crippen LogP contribution in [0.5, 0.6) is 11.5 Å². The Kier molecular flexibility index (Phi) is 7.89. The van der Waals surface area contributed by atoms with Gasteiger partial charge in [-0.05, 0) is 62.3 Å². The number of fused-ring (bicyclic) bond motifs is 1. The number of ketones is 2. The number of hydrogen-bond acceptors (Lipinski definition) is 7. The van der Waals surface area contributed by atoms with Crippen LogP contribution in [0.4, 0.5) is 8.78 Å². The smallest absolute Gasteiger partial charge is 0.166 e. The number of Topliss-reactive ketones (excluding diaryl/α,β-unsaturated/α-hetero) is 2. The lowest BCUT2D eigenvalue weighted by Crippen LogP contribution is -2.29. The molecule has 0 unspecified atom stereocenters. The number of imidazole rings is 1. The van der Waals surface area contributed by atoms with Crippen molar-refractivity contribution in [2.75, 3.05) is 20.6 Å². The number of rotatable bonds is 12. The number of carbonyl (C=O) groups is 2. The molecule has 1 aliphatic rings. The van der Waals surface area contributed by atoms with Gasteiger partial charge in [0.05, 0.1) is 32.5 Å². The zero-order valence-corrected chi connectivity index (χ0v) is 24.7. The van der Waals surface area contributed by atoms with Crippen LogP contribution >= 0.6 is 11.3 Å². The Labute approximate surface area is 251 Å². The number of likely N-dealkylation sites (N-methyl/N-ethyl adjacent to an activating group) is 1. The number of ether oxygens (including phenoxy) is 1. The van der Waals surface area contributed by atoms with Crippen molar-refractivity contribution < 1.29 is 23.1 Å². The highest BCUT2D eigenvalue weighted by molar-refractivity contribution is 7.22. The second kappa shape index (κ2) is 11.8. The molecule has 6 rings (SSSR count). The maximum atomic E-state index is 15.2. The molecule has 3 heterocycles. The van der Waals surface area contributed by atoms with E-state index in [1.54, 1.807) is 42.9 Å². The van der Waals surface area contributed by atoms with Crippen molar-refractivity contribution in [3.63, 3.8) is 0 Å². The van der Waals surface area contributed by atoms with Crippen LogP contribution in [0.15, 0.2) is 73.3 Å². The summed E-state index contributed by atoms with van der Waals surface area (Å²) in [4.78, 5) is 38.1. The van der Waals surface area contributed by atoms with Crippen LogP contribution in [-0.2, 0) is 29.0 Å². The number of thiophene rings is 1. The normalized spacial score (nSPS) is 13.9. The zero-order chi connectivity index (χ0) is 30.1. The SMILES string of the molecule is CN(C)CCn1cnc(-c2cc3nccc(Oc4ccc(CC(=O)C5(C(=O)Cc6ccccc6F)CC5)cc4F)c3s2)c1. The number of halogens is 2. The van der Waals surface area contributed by atoms with Crippen LogP contribution in [0.25, 0.3) is 20.8 Å². The molecule has 1 aliphatic carbocycles. The van der Waals surface area contributed by atoms with E-state index in [-0.39, 0.29) is 35.7 Å². The molecule has 43 heavy (non-hydrogen) atoms. The van der Waals surface area contributed by atoms with Gasteiger partial charge in [-0.3, -0.25) is 14.6 Å². The Balaban J connectivity index is 1.15. The third-order valence-electron chi connectivity index (χ3n) is 7.77. The topological polar surface area (TPSA) is 77.3 Å². The van der Waals surface area contributed by atoms with E-state index in [1.165, 1.54) is 29.5 Å². The quantitative estimate of drug-likeness (QED) is 0.152. The van der Waals surface area contributed by atoms with Gasteiger partial charge in [-0.25, -0.2) is 13.8 Å². The first kappa shape index (κ1) is 28.8. The molecular weight excluding hydrogens is 570 g/mol. The van der Waals surface area contributed by atoms with Gasteiger partial charge in [0, 0.05) is 44.4 Å². The Morgan fingerprint density at radius 3 is 2.51 bits per heavy atom. The summed E-state index contributed by atoms with van der Waals surface area (Å²) in [5, 5.41) is 0. The average Bonchev–Trinajstić information content (AvgIpc) is 3.46. The number of pyridine rings is 1. The Hall–Kier alpha value is -4.28. The molecular formula is C33H30F2N4O3S. The number of aromatic nitrogens is 3. The van der Waals surface area contributed by atoms with Gasteiger partial charge in [-0.2, -0.15) is 0 Å². The molecule has 220 valence electrons. The lowest BCUT2D eigenvalue weighted by atomic mass is 9.87. The van der Waals surface area contributed by atoms with E-state index in [0.717, 1.165) is 33.9 Å². The second-order valence-electron chi connectivity index (χ2n) is 11.2. The van der Waals surface area contributed by atoms with Crippen LogP contribution in [0.3, 0.4) is 0 Å². The molecule has 0 saturated heterocycles. The Morgan fingerprint density at radius 1 is 0.977 bits per heavy atom. The third-order valence-corrected chi connectivity index (χ3v) is 8.94. The zero-order valence-electron chi connectivity index (χ0n) is 23.8. The molecule has 10 heteroatoms. The van der Waals surface area contributed by atoms with Crippen LogP contribution in [0, 0.1) is 17.0 Å². The fraction of sp³-hybridized carbons (Fsp3) is 0.273. The van der Waals surface area contributed by atoms with E-state index in [1.807, 2.05) is 30.9 Å². The van der Waals surface area contributed by atoms with Crippen LogP contribution < -0.4 is 4.74 Å². The summed E-state index contributed by atoms with van der Waals surface area (Å²) >= 11 is 1.47. The van der Waals surface area contributed by atoms with Crippen LogP contribution in [0.2, 0.25) is 0 Å². The molecule has 7 nitrogen and oxygen atoms in total. The number of hydrogen-bond donors (Lipinski definition) is 0. The van der Waals surface area contributed by atoms with E-state index in [9.17, 15) is 14.0 Å². The van der Waals surface area contributed by atoms with Gasteiger partial charge in [0.15, 0.2) is 23.1 Å². The molecule has 3 aromatic heterocycles. The fourth-order valence-electron chi connectivity index (χ4n) is 5.08. The van der Waals surface area contributed by atoms with E-state index in [2.05, 4.69) is 14.9 Å². The predicted molar refractivity (Wildman–Crippen MR) is 161 cm³/mol. The highest BCUT2D eigenvalue weighted by Crippen LogP contribution is 2.49. The molecule has 2 aromatic carbocycles. The van der Waals surface area contributed by atoms with Crippen molar-refractivity contribution in [1.82, 2.24) is 19.4 Å². The number of nitrogens with zero attached hydrogens (tertiary/aromatic N) is 4. The predicted octanol–water partition coefficient (Wildman–Crippen LogP) is 6.50. The molecule has 1 saturated carbocycles. The van der Waals surface area contributed by atoms with Crippen molar-refractivity contribution in [1.29, 1.82) is 0 Å². The Morgan fingerprint density at radius 2 is 1.77 bits per heavy atom. The summed E-state index contributed by atoms with van der Waals surface area (Å²) in [6.45, 7) is 1.72. The summed E-state index contributed by atoms with van der Waals surface area (Å²) < 4.78 is 38.1. The molecule has 1 fully saturated rings.